The van der Waals surface area contributed by atoms with Gasteiger partial charge in [-0.15, -0.1) is 5.10 Å². The lowest BCUT2D eigenvalue weighted by Gasteiger charge is -2.35. The van der Waals surface area contributed by atoms with Gasteiger partial charge in [-0.2, -0.15) is 0 Å². The smallest absolute Gasteiger partial charge is 0.273 e. The van der Waals surface area contributed by atoms with Gasteiger partial charge in [0, 0.05) is 25.1 Å². The van der Waals surface area contributed by atoms with E-state index in [9.17, 15) is 24.3 Å². The van der Waals surface area contributed by atoms with Crippen LogP contribution in [0.3, 0.4) is 0 Å². The van der Waals surface area contributed by atoms with Crippen LogP contribution in [0.2, 0.25) is 0 Å². The number of piperidine rings is 1. The molecule has 11 heteroatoms. The Balaban J connectivity index is 1.27. The van der Waals surface area contributed by atoms with Crippen LogP contribution in [0.5, 0.6) is 0 Å². The van der Waals surface area contributed by atoms with E-state index in [1.54, 1.807) is 18.2 Å². The standard InChI is InChI=1S/C24H28N6O5/c1-14-3-2-8-24(35,10-14)13-25-21(32)18-12-30(28-27-18)16-5-4-15-11-29(23(34)17(15)9-16)19-6-7-20(31)26-22(19)33/h4-5,9,12,14,19,35H,2-3,6-8,10-11,13H2,1H3,(H,25,32)(H,26,31,33). The molecule has 1 aliphatic carbocycles. The van der Waals surface area contributed by atoms with E-state index in [1.165, 1.54) is 15.8 Å². The molecule has 3 heterocycles. The second-order valence-corrected chi connectivity index (χ2v) is 9.90. The highest BCUT2D eigenvalue weighted by Crippen LogP contribution is 2.32. The second kappa shape index (κ2) is 8.88. The van der Waals surface area contributed by atoms with E-state index in [2.05, 4.69) is 27.9 Å². The maximum absolute atomic E-state index is 13.0. The van der Waals surface area contributed by atoms with E-state index in [4.69, 9.17) is 0 Å². The Bertz CT molecular complexity index is 1210. The summed E-state index contributed by atoms with van der Waals surface area (Å²) < 4.78 is 1.41. The van der Waals surface area contributed by atoms with Gasteiger partial charge in [0.2, 0.25) is 11.8 Å². The Kier molecular flexibility index (Phi) is 5.87. The molecule has 1 aromatic heterocycles. The predicted molar refractivity (Wildman–Crippen MR) is 122 cm³/mol. The van der Waals surface area contributed by atoms with Crippen LogP contribution >= 0.6 is 0 Å². The van der Waals surface area contributed by atoms with Gasteiger partial charge in [-0.1, -0.05) is 31.0 Å². The first-order chi connectivity index (χ1) is 16.7. The molecule has 3 N–H and O–H groups in total. The van der Waals surface area contributed by atoms with Crippen LogP contribution < -0.4 is 10.6 Å². The molecule has 1 aromatic carbocycles. The quantitative estimate of drug-likeness (QED) is 0.534. The van der Waals surface area contributed by atoms with Gasteiger partial charge >= 0.3 is 0 Å². The van der Waals surface area contributed by atoms with Crippen LogP contribution in [0.25, 0.3) is 5.69 Å². The fourth-order valence-corrected chi connectivity index (χ4v) is 5.31. The summed E-state index contributed by atoms with van der Waals surface area (Å²) in [6.45, 7) is 2.54. The normalized spacial score (nSPS) is 26.5. The van der Waals surface area contributed by atoms with Crippen molar-refractivity contribution >= 4 is 23.6 Å². The molecule has 2 aliphatic heterocycles. The van der Waals surface area contributed by atoms with Crippen molar-refractivity contribution < 1.29 is 24.3 Å². The molecule has 0 spiro atoms. The molecule has 1 saturated heterocycles. The van der Waals surface area contributed by atoms with E-state index in [-0.39, 0.29) is 37.0 Å². The number of imide groups is 1. The van der Waals surface area contributed by atoms with Crippen molar-refractivity contribution in [1.82, 2.24) is 30.5 Å². The molecule has 2 aromatic rings. The Morgan fingerprint density at radius 2 is 2.11 bits per heavy atom. The molecule has 184 valence electrons. The van der Waals surface area contributed by atoms with Crippen molar-refractivity contribution in [3.63, 3.8) is 0 Å². The third-order valence-corrected chi connectivity index (χ3v) is 7.15. The first-order valence-corrected chi connectivity index (χ1v) is 11.9. The van der Waals surface area contributed by atoms with E-state index < -0.39 is 23.5 Å². The topological polar surface area (TPSA) is 147 Å². The van der Waals surface area contributed by atoms with Crippen molar-refractivity contribution in [3.8, 4) is 5.69 Å². The minimum atomic E-state index is -0.905. The van der Waals surface area contributed by atoms with Gasteiger partial charge in [0.25, 0.3) is 11.8 Å². The minimum Gasteiger partial charge on any atom is -0.388 e. The van der Waals surface area contributed by atoms with Gasteiger partial charge in [-0.25, -0.2) is 4.68 Å². The molecule has 4 amide bonds. The Morgan fingerprint density at radius 3 is 2.89 bits per heavy atom. The number of hydrogen-bond acceptors (Lipinski definition) is 7. The van der Waals surface area contributed by atoms with Gasteiger partial charge in [0.1, 0.15) is 6.04 Å². The summed E-state index contributed by atoms with van der Waals surface area (Å²) in [6, 6.07) is 4.53. The predicted octanol–water partition coefficient (Wildman–Crippen LogP) is 0.699. The lowest BCUT2D eigenvalue weighted by Crippen LogP contribution is -2.52. The Morgan fingerprint density at radius 1 is 1.29 bits per heavy atom. The van der Waals surface area contributed by atoms with Crippen LogP contribution in [0.1, 0.15) is 71.9 Å². The number of fused-ring (bicyclic) bond motifs is 1. The average Bonchev–Trinajstić information content (AvgIpc) is 3.43. The van der Waals surface area contributed by atoms with Crippen molar-refractivity contribution in [2.24, 2.45) is 5.92 Å². The molecular weight excluding hydrogens is 452 g/mol. The first-order valence-electron chi connectivity index (χ1n) is 11.9. The Hall–Kier alpha value is -3.60. The molecule has 3 unspecified atom stereocenters. The molecule has 0 radical (unpaired) electrons. The molecule has 1 saturated carbocycles. The van der Waals surface area contributed by atoms with Crippen molar-refractivity contribution in [2.45, 2.75) is 63.6 Å². The number of aliphatic hydroxyl groups is 1. The number of amides is 4. The van der Waals surface area contributed by atoms with Crippen molar-refractivity contribution in [1.29, 1.82) is 0 Å². The number of rotatable bonds is 5. The minimum absolute atomic E-state index is 0.106. The summed E-state index contributed by atoms with van der Waals surface area (Å²) in [5.41, 5.74) is 0.972. The zero-order chi connectivity index (χ0) is 24.7. The number of carbonyl (C=O) groups is 4. The summed E-state index contributed by atoms with van der Waals surface area (Å²) in [7, 11) is 0. The van der Waals surface area contributed by atoms with Crippen molar-refractivity contribution in [2.75, 3.05) is 6.54 Å². The third kappa shape index (κ3) is 4.55. The van der Waals surface area contributed by atoms with Crippen LogP contribution in [0.15, 0.2) is 24.4 Å². The van der Waals surface area contributed by atoms with Gasteiger partial charge in [-0.3, -0.25) is 24.5 Å². The fraction of sp³-hybridized carbons (Fsp3) is 0.500. The molecule has 2 fully saturated rings. The van der Waals surface area contributed by atoms with Gasteiger partial charge in [0.05, 0.1) is 17.5 Å². The third-order valence-electron chi connectivity index (χ3n) is 7.15. The van der Waals surface area contributed by atoms with Gasteiger partial charge in [-0.05, 0) is 42.9 Å². The molecule has 11 nitrogen and oxygen atoms in total. The number of nitrogens with zero attached hydrogens (tertiary/aromatic N) is 4. The summed E-state index contributed by atoms with van der Waals surface area (Å²) in [5.74, 6) is -1.08. The molecule has 35 heavy (non-hydrogen) atoms. The summed E-state index contributed by atoms with van der Waals surface area (Å²) in [5, 5.41) is 23.8. The lowest BCUT2D eigenvalue weighted by atomic mass is 9.79. The average molecular weight is 481 g/mol. The lowest BCUT2D eigenvalue weighted by molar-refractivity contribution is -0.136. The molecule has 0 bridgehead atoms. The highest BCUT2D eigenvalue weighted by atomic mass is 16.3. The van der Waals surface area contributed by atoms with E-state index in [0.29, 0.717) is 36.4 Å². The molecule has 3 aliphatic rings. The SMILES string of the molecule is CC1CCCC(O)(CNC(=O)c2cn(-c3ccc4c(c3)C(=O)N(C3CCC(=O)NC3=O)C4)nn2)C1. The zero-order valence-corrected chi connectivity index (χ0v) is 19.5. The fourth-order valence-electron chi connectivity index (χ4n) is 5.31. The van der Waals surface area contributed by atoms with Crippen LogP contribution in [-0.4, -0.2) is 66.8 Å². The highest BCUT2D eigenvalue weighted by Gasteiger charge is 2.39. The number of benzene rings is 1. The van der Waals surface area contributed by atoms with Crippen molar-refractivity contribution in [3.05, 3.63) is 41.2 Å². The second-order valence-electron chi connectivity index (χ2n) is 9.90. The number of carbonyl (C=O) groups excluding carboxylic acids is 4. The van der Waals surface area contributed by atoms with Crippen LogP contribution in [-0.2, 0) is 16.1 Å². The summed E-state index contributed by atoms with van der Waals surface area (Å²) >= 11 is 0. The largest absolute Gasteiger partial charge is 0.388 e. The summed E-state index contributed by atoms with van der Waals surface area (Å²) in [4.78, 5) is 50.8. The van der Waals surface area contributed by atoms with E-state index >= 15 is 0 Å². The number of hydrogen-bond donors (Lipinski definition) is 3. The monoisotopic (exact) mass is 480 g/mol. The molecular formula is C24H28N6O5. The number of aromatic nitrogens is 3. The van der Waals surface area contributed by atoms with Gasteiger partial charge in [0.15, 0.2) is 5.69 Å². The Labute approximate surface area is 201 Å². The molecule has 5 rings (SSSR count). The highest BCUT2D eigenvalue weighted by molar-refractivity contribution is 6.05. The van der Waals surface area contributed by atoms with E-state index in [0.717, 1.165) is 18.4 Å². The number of nitrogens with one attached hydrogen (secondary N) is 2. The van der Waals surface area contributed by atoms with E-state index in [1.807, 2.05) is 0 Å². The first kappa shape index (κ1) is 23.2. The maximum Gasteiger partial charge on any atom is 0.273 e. The molecule has 3 atom stereocenters. The van der Waals surface area contributed by atoms with Crippen LogP contribution in [0.4, 0.5) is 0 Å². The van der Waals surface area contributed by atoms with Crippen LogP contribution in [0, 0.1) is 5.92 Å². The maximum atomic E-state index is 13.0. The van der Waals surface area contributed by atoms with Gasteiger partial charge < -0.3 is 15.3 Å². The zero-order valence-electron chi connectivity index (χ0n) is 19.5. The summed E-state index contributed by atoms with van der Waals surface area (Å²) in [6.07, 6.45) is 5.29.